The molecular formula is C3H10B2N2S. The zero-order chi connectivity index (χ0) is 6.15. The smallest absolute Gasteiger partial charge is 0.303 e. The maximum atomic E-state index is 3.36. The third-order valence-electron chi connectivity index (χ3n) is 1.35. The highest BCUT2D eigenvalue weighted by molar-refractivity contribution is 8.25. The first-order valence-corrected chi connectivity index (χ1v) is 3.69. The van der Waals surface area contributed by atoms with Crippen molar-refractivity contribution in [3.8, 4) is 0 Å². The van der Waals surface area contributed by atoms with E-state index in [4.69, 9.17) is 0 Å². The molecule has 1 fully saturated rings. The van der Waals surface area contributed by atoms with Crippen LogP contribution in [-0.4, -0.2) is 24.4 Å². The van der Waals surface area contributed by atoms with Crippen LogP contribution in [-0.2, 0) is 0 Å². The summed E-state index contributed by atoms with van der Waals surface area (Å²) in [6, 6.07) is 0. The molecule has 44 valence electrons. The molecule has 0 aromatic heterocycles. The summed E-state index contributed by atoms with van der Waals surface area (Å²) in [4.78, 5) is 0. The molecule has 0 saturated carbocycles. The van der Waals surface area contributed by atoms with E-state index in [2.05, 4.69) is 30.0 Å². The predicted molar refractivity (Wildman–Crippen MR) is 41.7 cm³/mol. The maximum absolute atomic E-state index is 3.36. The number of nitrogens with zero attached hydrogens (tertiary/aromatic N) is 1. The zero-order valence-corrected chi connectivity index (χ0v) is 6.33. The minimum atomic E-state index is 0.537. The molecule has 0 aromatic rings. The molecule has 0 radical (unpaired) electrons. The minimum Gasteiger partial charge on any atom is -0.373 e. The predicted octanol–water partition coefficient (Wildman–Crippen LogP) is 0.406. The Morgan fingerprint density at radius 2 is 2.12 bits per heavy atom. The van der Waals surface area contributed by atoms with Crippen LogP contribution in [0.4, 0.5) is 0 Å². The normalized spacial score (nSPS) is 22.9. The van der Waals surface area contributed by atoms with E-state index < -0.39 is 0 Å². The number of rotatable bonds is 0. The Morgan fingerprint density at radius 1 is 1.50 bits per heavy atom. The lowest BCUT2D eigenvalue weighted by atomic mass is 9.74. The van der Waals surface area contributed by atoms with Crippen LogP contribution in [0, 0.1) is 0 Å². The summed E-state index contributed by atoms with van der Waals surface area (Å²) < 4.78 is 2.23. The van der Waals surface area contributed by atoms with Crippen LogP contribution in [0.25, 0.3) is 0 Å². The standard InChI is InChI=1S/C3H10B2N2S/c1-4-6-5(2)8-7(4)3/h6H,1-3H3. The van der Waals surface area contributed by atoms with Crippen molar-refractivity contribution in [3.05, 3.63) is 0 Å². The first-order valence-electron chi connectivity index (χ1n) is 2.86. The average molecular weight is 128 g/mol. The average Bonchev–Trinajstić information content (AvgIpc) is 1.85. The van der Waals surface area contributed by atoms with Gasteiger partial charge in [0.2, 0.25) is 0 Å². The highest BCUT2D eigenvalue weighted by atomic mass is 32.2. The summed E-state index contributed by atoms with van der Waals surface area (Å²) in [6.45, 7) is 4.87. The summed E-state index contributed by atoms with van der Waals surface area (Å²) in [5.41, 5.74) is 0. The lowest BCUT2D eigenvalue weighted by Gasteiger charge is -2.07. The molecular weight excluding hydrogens is 118 g/mol. The quantitative estimate of drug-likeness (QED) is 0.375. The van der Waals surface area contributed by atoms with Crippen LogP contribution in [0.1, 0.15) is 0 Å². The zero-order valence-electron chi connectivity index (χ0n) is 5.51. The van der Waals surface area contributed by atoms with Crippen molar-refractivity contribution in [2.24, 2.45) is 0 Å². The van der Waals surface area contributed by atoms with Gasteiger partial charge in [-0.15, -0.1) is 11.8 Å². The molecule has 8 heavy (non-hydrogen) atoms. The highest BCUT2D eigenvalue weighted by Crippen LogP contribution is 2.16. The topological polar surface area (TPSA) is 15.3 Å². The third kappa shape index (κ3) is 1.21. The Bertz CT molecular complexity index is 81.4. The van der Waals surface area contributed by atoms with Crippen molar-refractivity contribution < 1.29 is 0 Å². The Hall–Kier alpha value is 0.400. The minimum absolute atomic E-state index is 0.537. The molecule has 0 spiro atoms. The Balaban J connectivity index is 2.39. The van der Waals surface area contributed by atoms with E-state index in [1.165, 1.54) is 0 Å². The van der Waals surface area contributed by atoms with E-state index in [1.54, 1.807) is 0 Å². The fourth-order valence-electron chi connectivity index (χ4n) is 0.816. The largest absolute Gasteiger partial charge is 0.373 e. The van der Waals surface area contributed by atoms with Crippen LogP contribution in [0.5, 0.6) is 0 Å². The van der Waals surface area contributed by atoms with E-state index in [0.29, 0.717) is 13.1 Å². The van der Waals surface area contributed by atoms with E-state index in [1.807, 2.05) is 11.8 Å². The summed E-state index contributed by atoms with van der Waals surface area (Å²) >= 11 is 1.85. The molecule has 1 heterocycles. The number of hydrogen-bond donors (Lipinski definition) is 1. The van der Waals surface area contributed by atoms with Crippen molar-refractivity contribution in [2.45, 2.75) is 13.6 Å². The summed E-state index contributed by atoms with van der Waals surface area (Å²) in [5, 5.41) is 3.36. The van der Waals surface area contributed by atoms with Crippen molar-refractivity contribution >= 4 is 24.9 Å². The van der Waals surface area contributed by atoms with Crippen LogP contribution in [0.3, 0.4) is 0 Å². The molecule has 0 unspecified atom stereocenters. The van der Waals surface area contributed by atoms with Crippen molar-refractivity contribution in [1.82, 2.24) is 9.36 Å². The molecule has 0 aromatic carbocycles. The van der Waals surface area contributed by atoms with Gasteiger partial charge in [-0.25, -0.2) is 0 Å². The van der Waals surface area contributed by atoms with Crippen LogP contribution < -0.4 is 5.14 Å². The monoisotopic (exact) mass is 128 g/mol. The van der Waals surface area contributed by atoms with Gasteiger partial charge < -0.3 is 5.14 Å². The fourth-order valence-corrected chi connectivity index (χ4v) is 1.82. The Kier molecular flexibility index (Phi) is 1.90. The van der Waals surface area contributed by atoms with E-state index in [9.17, 15) is 0 Å². The Morgan fingerprint density at radius 3 is 2.25 bits per heavy atom. The van der Waals surface area contributed by atoms with Crippen molar-refractivity contribution in [2.75, 3.05) is 7.05 Å². The van der Waals surface area contributed by atoms with Crippen LogP contribution in [0.2, 0.25) is 13.6 Å². The van der Waals surface area contributed by atoms with Gasteiger partial charge in [-0.1, -0.05) is 13.6 Å². The highest BCUT2D eigenvalue weighted by Gasteiger charge is 2.28. The second-order valence-electron chi connectivity index (χ2n) is 2.14. The van der Waals surface area contributed by atoms with Gasteiger partial charge in [-0.2, -0.15) is 0 Å². The second-order valence-corrected chi connectivity index (χ2v) is 3.63. The van der Waals surface area contributed by atoms with Gasteiger partial charge in [0.25, 0.3) is 6.13 Å². The van der Waals surface area contributed by atoms with Gasteiger partial charge >= 0.3 is 6.98 Å². The second kappa shape index (κ2) is 2.33. The van der Waals surface area contributed by atoms with Crippen molar-refractivity contribution in [3.63, 3.8) is 0 Å². The molecule has 2 nitrogen and oxygen atoms in total. The molecule has 0 atom stereocenters. The maximum Gasteiger partial charge on any atom is 0.303 e. The van der Waals surface area contributed by atoms with E-state index in [0.717, 1.165) is 0 Å². The number of hydrogen-bond acceptors (Lipinski definition) is 3. The molecule has 1 rings (SSSR count). The van der Waals surface area contributed by atoms with Crippen LogP contribution >= 0.6 is 11.8 Å². The molecule has 0 aliphatic carbocycles. The van der Waals surface area contributed by atoms with Crippen molar-refractivity contribution in [1.29, 1.82) is 0 Å². The van der Waals surface area contributed by atoms with E-state index in [-0.39, 0.29) is 0 Å². The lowest BCUT2D eigenvalue weighted by molar-refractivity contribution is 0.876. The van der Waals surface area contributed by atoms with Crippen LogP contribution in [0.15, 0.2) is 0 Å². The van der Waals surface area contributed by atoms with Gasteiger partial charge in [-0.05, 0) is 7.05 Å². The third-order valence-corrected chi connectivity index (χ3v) is 2.45. The molecule has 1 saturated heterocycles. The van der Waals surface area contributed by atoms with Gasteiger partial charge in [0.05, 0.1) is 0 Å². The molecule has 5 heteroatoms. The summed E-state index contributed by atoms with van der Waals surface area (Å²) in [6.07, 6.45) is 0.593. The van der Waals surface area contributed by atoms with Gasteiger partial charge in [0, 0.05) is 0 Å². The molecule has 0 amide bonds. The summed E-state index contributed by atoms with van der Waals surface area (Å²) in [5.74, 6) is 0. The SMILES string of the molecule is CB1NB(C)N(C)S1. The molecule has 1 aliphatic heterocycles. The van der Waals surface area contributed by atoms with Gasteiger partial charge in [0.15, 0.2) is 0 Å². The molecule has 0 bridgehead atoms. The first kappa shape index (κ1) is 6.52. The van der Waals surface area contributed by atoms with Gasteiger partial charge in [-0.3, -0.25) is 4.22 Å². The number of nitrogens with one attached hydrogen (secondary N) is 1. The first-order chi connectivity index (χ1) is 3.70. The lowest BCUT2D eigenvalue weighted by Crippen LogP contribution is -2.37. The molecule has 1 N–H and O–H groups in total. The fraction of sp³-hybridized carbons (Fsp3) is 1.00. The van der Waals surface area contributed by atoms with Gasteiger partial charge in [0.1, 0.15) is 0 Å². The van der Waals surface area contributed by atoms with E-state index >= 15 is 0 Å². The summed E-state index contributed by atoms with van der Waals surface area (Å²) in [7, 11) is 2.10. The Labute approximate surface area is 55.6 Å². The molecule has 1 aliphatic rings.